The van der Waals surface area contributed by atoms with Crippen molar-refractivity contribution >= 4 is 17.6 Å². The summed E-state index contributed by atoms with van der Waals surface area (Å²) in [5.74, 6) is 0.610. The Labute approximate surface area is 127 Å². The molecule has 0 fully saturated rings. The van der Waals surface area contributed by atoms with Gasteiger partial charge in [-0.15, -0.1) is 10.2 Å². The highest BCUT2D eigenvalue weighted by molar-refractivity contribution is 6.33. The predicted molar refractivity (Wildman–Crippen MR) is 77.7 cm³/mol. The number of aromatic nitrogens is 2. The van der Waals surface area contributed by atoms with Gasteiger partial charge in [-0.05, 0) is 19.2 Å². The number of rotatable bonds is 6. The number of benzene rings is 1. The number of carbonyl (C=O) groups excluding carboxylic acids is 1. The molecule has 0 amide bonds. The van der Waals surface area contributed by atoms with Crippen molar-refractivity contribution in [3.05, 3.63) is 35.2 Å². The minimum atomic E-state index is -0.246. The van der Waals surface area contributed by atoms with Crippen LogP contribution in [0.2, 0.25) is 5.02 Å². The fraction of sp³-hybridized carbons (Fsp3) is 0.357. The van der Waals surface area contributed by atoms with Gasteiger partial charge in [-0.3, -0.25) is 9.69 Å². The maximum atomic E-state index is 11.1. The van der Waals surface area contributed by atoms with E-state index in [2.05, 4.69) is 14.9 Å². The number of carbonyl (C=O) groups is 1. The van der Waals surface area contributed by atoms with Gasteiger partial charge in [-0.1, -0.05) is 23.7 Å². The Balaban J connectivity index is 1.97. The van der Waals surface area contributed by atoms with E-state index in [9.17, 15) is 4.79 Å². The van der Waals surface area contributed by atoms with Crippen LogP contribution in [0.25, 0.3) is 11.5 Å². The Bertz CT molecular complexity index is 615. The standard InChI is InChI=1S/C14H16ClN3O3/c1-18(8-7-13(19)20-2)9-12-16-17-14(21-12)10-5-3-4-6-11(10)15/h3-6H,7-9H2,1-2H3. The van der Waals surface area contributed by atoms with Crippen molar-refractivity contribution in [2.24, 2.45) is 0 Å². The summed E-state index contributed by atoms with van der Waals surface area (Å²) in [7, 11) is 3.23. The largest absolute Gasteiger partial charge is 0.469 e. The van der Waals surface area contributed by atoms with Crippen LogP contribution in [0.1, 0.15) is 12.3 Å². The molecule has 0 aliphatic rings. The second-order valence-corrected chi connectivity index (χ2v) is 4.95. The van der Waals surface area contributed by atoms with Crippen molar-refractivity contribution in [2.45, 2.75) is 13.0 Å². The highest BCUT2D eigenvalue weighted by atomic mass is 35.5. The molecule has 112 valence electrons. The molecule has 0 aliphatic heterocycles. The van der Waals surface area contributed by atoms with E-state index in [0.717, 1.165) is 0 Å². The fourth-order valence-electron chi connectivity index (χ4n) is 1.76. The fourth-order valence-corrected chi connectivity index (χ4v) is 1.97. The van der Waals surface area contributed by atoms with Crippen LogP contribution in [0.15, 0.2) is 28.7 Å². The lowest BCUT2D eigenvalue weighted by Crippen LogP contribution is -2.22. The summed E-state index contributed by atoms with van der Waals surface area (Å²) in [6.07, 6.45) is 0.318. The van der Waals surface area contributed by atoms with Crippen molar-refractivity contribution in [3.8, 4) is 11.5 Å². The molecule has 0 N–H and O–H groups in total. The van der Waals surface area contributed by atoms with Gasteiger partial charge in [0.15, 0.2) is 0 Å². The molecule has 0 spiro atoms. The molecule has 21 heavy (non-hydrogen) atoms. The zero-order valence-electron chi connectivity index (χ0n) is 11.9. The summed E-state index contributed by atoms with van der Waals surface area (Å²) in [4.78, 5) is 13.0. The summed E-state index contributed by atoms with van der Waals surface area (Å²) in [6.45, 7) is 1.00. The van der Waals surface area contributed by atoms with Crippen molar-refractivity contribution in [1.29, 1.82) is 0 Å². The lowest BCUT2D eigenvalue weighted by molar-refractivity contribution is -0.140. The molecule has 1 aromatic heterocycles. The lowest BCUT2D eigenvalue weighted by Gasteiger charge is -2.12. The second-order valence-electron chi connectivity index (χ2n) is 4.54. The van der Waals surface area contributed by atoms with Gasteiger partial charge in [0.1, 0.15) is 0 Å². The number of hydrogen-bond acceptors (Lipinski definition) is 6. The van der Waals surface area contributed by atoms with E-state index < -0.39 is 0 Å². The molecule has 1 heterocycles. The summed E-state index contributed by atoms with van der Waals surface area (Å²) in [5.41, 5.74) is 0.704. The number of esters is 1. The molecule has 2 rings (SSSR count). The number of hydrogen-bond donors (Lipinski definition) is 0. The minimum absolute atomic E-state index is 0.246. The molecule has 1 aromatic carbocycles. The molecule has 6 nitrogen and oxygen atoms in total. The van der Waals surface area contributed by atoms with E-state index in [1.165, 1.54) is 7.11 Å². The average Bonchev–Trinajstić information content (AvgIpc) is 2.93. The molecule has 0 unspecified atom stereocenters. The zero-order chi connectivity index (χ0) is 15.2. The number of methoxy groups -OCH3 is 1. The number of nitrogens with zero attached hydrogens (tertiary/aromatic N) is 3. The van der Waals surface area contributed by atoms with Crippen LogP contribution in [-0.2, 0) is 16.1 Å². The molecule has 7 heteroatoms. The van der Waals surface area contributed by atoms with Crippen LogP contribution < -0.4 is 0 Å². The topological polar surface area (TPSA) is 68.5 Å². The van der Waals surface area contributed by atoms with Crippen LogP contribution in [0.4, 0.5) is 0 Å². The molecule has 0 radical (unpaired) electrons. The SMILES string of the molecule is COC(=O)CCN(C)Cc1nnc(-c2ccccc2Cl)o1. The third kappa shape index (κ3) is 4.27. The number of halogens is 1. The highest BCUT2D eigenvalue weighted by Gasteiger charge is 2.13. The summed E-state index contributed by atoms with van der Waals surface area (Å²) >= 11 is 6.08. The van der Waals surface area contributed by atoms with Gasteiger partial charge in [-0.25, -0.2) is 0 Å². The van der Waals surface area contributed by atoms with Crippen LogP contribution in [0.5, 0.6) is 0 Å². The smallest absolute Gasteiger partial charge is 0.306 e. The third-order valence-corrected chi connectivity index (χ3v) is 3.23. The monoisotopic (exact) mass is 309 g/mol. The Morgan fingerprint density at radius 3 is 2.86 bits per heavy atom. The van der Waals surface area contributed by atoms with Gasteiger partial charge in [-0.2, -0.15) is 0 Å². The normalized spacial score (nSPS) is 10.9. The maximum absolute atomic E-state index is 11.1. The molecular formula is C14H16ClN3O3. The predicted octanol–water partition coefficient (Wildman–Crippen LogP) is 2.38. The quantitative estimate of drug-likeness (QED) is 0.763. The van der Waals surface area contributed by atoms with Crippen LogP contribution in [0.3, 0.4) is 0 Å². The summed E-state index contributed by atoms with van der Waals surface area (Å²) in [6, 6.07) is 7.28. The Hall–Kier alpha value is -1.92. The van der Waals surface area contributed by atoms with E-state index in [1.807, 2.05) is 30.1 Å². The van der Waals surface area contributed by atoms with Crippen molar-refractivity contribution < 1.29 is 13.9 Å². The van der Waals surface area contributed by atoms with E-state index in [0.29, 0.717) is 41.9 Å². The first-order valence-electron chi connectivity index (χ1n) is 6.43. The van der Waals surface area contributed by atoms with Crippen LogP contribution in [0, 0.1) is 0 Å². The van der Waals surface area contributed by atoms with Gasteiger partial charge < -0.3 is 9.15 Å². The molecule has 0 saturated heterocycles. The van der Waals surface area contributed by atoms with E-state index in [1.54, 1.807) is 6.07 Å². The lowest BCUT2D eigenvalue weighted by atomic mass is 10.2. The molecular weight excluding hydrogens is 294 g/mol. The molecule has 0 atom stereocenters. The first-order valence-corrected chi connectivity index (χ1v) is 6.80. The summed E-state index contributed by atoms with van der Waals surface area (Å²) < 4.78 is 10.2. The molecule has 0 bridgehead atoms. The second kappa shape index (κ2) is 7.19. The molecule has 2 aromatic rings. The Morgan fingerprint density at radius 1 is 1.38 bits per heavy atom. The highest BCUT2D eigenvalue weighted by Crippen LogP contribution is 2.26. The minimum Gasteiger partial charge on any atom is -0.469 e. The van der Waals surface area contributed by atoms with Gasteiger partial charge in [0.2, 0.25) is 11.8 Å². The average molecular weight is 310 g/mol. The van der Waals surface area contributed by atoms with Gasteiger partial charge in [0.25, 0.3) is 0 Å². The van der Waals surface area contributed by atoms with E-state index in [4.69, 9.17) is 16.0 Å². The first kappa shape index (κ1) is 15.5. The van der Waals surface area contributed by atoms with Gasteiger partial charge >= 0.3 is 5.97 Å². The van der Waals surface area contributed by atoms with Crippen LogP contribution in [-0.4, -0.2) is 41.8 Å². The first-order chi connectivity index (χ1) is 10.1. The van der Waals surface area contributed by atoms with Gasteiger partial charge in [0.05, 0.1) is 30.7 Å². The Kier molecular flexibility index (Phi) is 5.30. The van der Waals surface area contributed by atoms with Crippen molar-refractivity contribution in [1.82, 2.24) is 15.1 Å². The van der Waals surface area contributed by atoms with Crippen LogP contribution >= 0.6 is 11.6 Å². The Morgan fingerprint density at radius 2 is 2.14 bits per heavy atom. The van der Waals surface area contributed by atoms with E-state index in [-0.39, 0.29) is 5.97 Å². The molecule has 0 saturated carbocycles. The van der Waals surface area contributed by atoms with E-state index >= 15 is 0 Å². The van der Waals surface area contributed by atoms with Crippen molar-refractivity contribution in [3.63, 3.8) is 0 Å². The van der Waals surface area contributed by atoms with Gasteiger partial charge in [0, 0.05) is 6.54 Å². The molecule has 0 aliphatic carbocycles. The number of ether oxygens (including phenoxy) is 1. The van der Waals surface area contributed by atoms with Crippen molar-refractivity contribution in [2.75, 3.05) is 20.7 Å². The zero-order valence-corrected chi connectivity index (χ0v) is 12.6. The summed E-state index contributed by atoms with van der Waals surface area (Å²) in [5, 5.41) is 8.54. The third-order valence-electron chi connectivity index (χ3n) is 2.90. The maximum Gasteiger partial charge on any atom is 0.306 e.